The van der Waals surface area contributed by atoms with E-state index in [0.717, 1.165) is 11.3 Å². The average Bonchev–Trinajstić information content (AvgIpc) is 2.28. The first kappa shape index (κ1) is 13.4. The Morgan fingerprint density at radius 1 is 1.35 bits per heavy atom. The number of amidine groups is 1. The van der Waals surface area contributed by atoms with Gasteiger partial charge in [-0.15, -0.1) is 0 Å². The van der Waals surface area contributed by atoms with Crippen molar-refractivity contribution in [1.82, 2.24) is 0 Å². The molecule has 0 radical (unpaired) electrons. The minimum Gasteiger partial charge on any atom is -0.494 e. The molecule has 1 rings (SSSR count). The van der Waals surface area contributed by atoms with Crippen LogP contribution in [0.2, 0.25) is 0 Å². The Labute approximate surface area is 105 Å². The smallest absolute Gasteiger partial charge is 0.193 e. The van der Waals surface area contributed by atoms with Crippen molar-refractivity contribution in [3.8, 4) is 5.75 Å². The lowest BCUT2D eigenvalue weighted by atomic mass is 10.2. The van der Waals surface area contributed by atoms with E-state index in [1.54, 1.807) is 0 Å². The molecular weight excluding hydrogens is 236 g/mol. The van der Waals surface area contributed by atoms with Gasteiger partial charge in [0.2, 0.25) is 0 Å². The molecule has 0 bridgehead atoms. The molecule has 0 aliphatic rings. The van der Waals surface area contributed by atoms with Crippen LogP contribution in [0.15, 0.2) is 29.3 Å². The van der Waals surface area contributed by atoms with Crippen LogP contribution in [-0.2, 0) is 5.75 Å². The Morgan fingerprint density at radius 2 is 2.00 bits per heavy atom. The average molecular weight is 252 g/mol. The van der Waals surface area contributed by atoms with Crippen LogP contribution in [0, 0.1) is 5.41 Å². The summed E-state index contributed by atoms with van der Waals surface area (Å²) < 4.78 is 5.34. The van der Waals surface area contributed by atoms with E-state index >= 15 is 0 Å². The Morgan fingerprint density at radius 3 is 2.53 bits per heavy atom. The predicted molar refractivity (Wildman–Crippen MR) is 72.4 cm³/mol. The SMILES string of the molecule is CCOc1ccc(CSC(=N)N=C(N)N)cc1. The van der Waals surface area contributed by atoms with E-state index in [1.807, 2.05) is 31.2 Å². The summed E-state index contributed by atoms with van der Waals surface area (Å²) in [5.74, 6) is 1.41. The van der Waals surface area contributed by atoms with Crippen LogP contribution in [-0.4, -0.2) is 17.7 Å². The molecule has 0 aliphatic heterocycles. The van der Waals surface area contributed by atoms with Gasteiger partial charge in [-0.2, -0.15) is 4.99 Å². The number of nitrogens with two attached hydrogens (primary N) is 2. The molecule has 0 heterocycles. The maximum atomic E-state index is 7.47. The van der Waals surface area contributed by atoms with Gasteiger partial charge >= 0.3 is 0 Å². The van der Waals surface area contributed by atoms with E-state index in [1.165, 1.54) is 11.8 Å². The maximum Gasteiger partial charge on any atom is 0.193 e. The van der Waals surface area contributed by atoms with Gasteiger partial charge in [0.1, 0.15) is 5.75 Å². The fourth-order valence-corrected chi connectivity index (χ4v) is 1.82. The van der Waals surface area contributed by atoms with Crippen LogP contribution in [0.25, 0.3) is 0 Å². The van der Waals surface area contributed by atoms with Gasteiger partial charge in [0.25, 0.3) is 0 Å². The maximum absolute atomic E-state index is 7.47. The first-order valence-corrected chi connectivity index (χ1v) is 6.13. The Balaban J connectivity index is 2.47. The van der Waals surface area contributed by atoms with Crippen molar-refractivity contribution in [2.75, 3.05) is 6.61 Å². The number of hydrogen-bond donors (Lipinski definition) is 3. The molecule has 0 saturated heterocycles. The predicted octanol–water partition coefficient (Wildman–Crippen LogP) is 1.53. The normalized spacial score (nSPS) is 9.71. The molecule has 5 N–H and O–H groups in total. The summed E-state index contributed by atoms with van der Waals surface area (Å²) in [6, 6.07) is 7.73. The quantitative estimate of drug-likeness (QED) is 0.559. The third kappa shape index (κ3) is 5.26. The van der Waals surface area contributed by atoms with Crippen molar-refractivity contribution < 1.29 is 4.74 Å². The van der Waals surface area contributed by atoms with E-state index in [4.69, 9.17) is 21.6 Å². The van der Waals surface area contributed by atoms with Crippen molar-refractivity contribution in [1.29, 1.82) is 5.41 Å². The molecule has 6 heteroatoms. The number of aliphatic imine (C=N–C) groups is 1. The zero-order valence-corrected chi connectivity index (χ0v) is 10.5. The summed E-state index contributed by atoms with van der Waals surface area (Å²) in [5.41, 5.74) is 11.4. The van der Waals surface area contributed by atoms with Crippen molar-refractivity contribution in [2.45, 2.75) is 12.7 Å². The minimum atomic E-state index is -0.0887. The Hall–Kier alpha value is -1.69. The summed E-state index contributed by atoms with van der Waals surface area (Å²) in [7, 11) is 0. The van der Waals surface area contributed by atoms with E-state index in [0.29, 0.717) is 12.4 Å². The topological polar surface area (TPSA) is 97.5 Å². The molecule has 92 valence electrons. The highest BCUT2D eigenvalue weighted by Gasteiger charge is 1.99. The molecule has 0 atom stereocenters. The molecule has 17 heavy (non-hydrogen) atoms. The standard InChI is InChI=1S/C11H16N4OS/c1-2-16-9-5-3-8(4-6-9)7-17-11(14)15-10(12)13/h3-6H,2,7H2,1H3,(H5,12,13,14,15). The van der Waals surface area contributed by atoms with Crippen LogP contribution in [0.1, 0.15) is 12.5 Å². The lowest BCUT2D eigenvalue weighted by Gasteiger charge is -2.04. The minimum absolute atomic E-state index is 0.0887. The van der Waals surface area contributed by atoms with E-state index in [-0.39, 0.29) is 11.1 Å². The molecule has 1 aromatic rings. The van der Waals surface area contributed by atoms with Crippen LogP contribution in [0.4, 0.5) is 0 Å². The molecule has 1 aromatic carbocycles. The third-order valence-corrected chi connectivity index (χ3v) is 2.68. The monoisotopic (exact) mass is 252 g/mol. The highest BCUT2D eigenvalue weighted by molar-refractivity contribution is 8.13. The molecule has 0 aromatic heterocycles. The van der Waals surface area contributed by atoms with E-state index < -0.39 is 0 Å². The number of nitrogens with one attached hydrogen (secondary N) is 1. The molecule has 0 fully saturated rings. The summed E-state index contributed by atoms with van der Waals surface area (Å²) in [5, 5.41) is 7.58. The second kappa shape index (κ2) is 6.80. The second-order valence-electron chi connectivity index (χ2n) is 3.21. The van der Waals surface area contributed by atoms with Gasteiger partial charge in [-0.3, -0.25) is 5.41 Å². The van der Waals surface area contributed by atoms with Crippen molar-refractivity contribution in [2.24, 2.45) is 16.5 Å². The highest BCUT2D eigenvalue weighted by atomic mass is 32.2. The van der Waals surface area contributed by atoms with Gasteiger partial charge in [-0.1, -0.05) is 23.9 Å². The highest BCUT2D eigenvalue weighted by Crippen LogP contribution is 2.17. The van der Waals surface area contributed by atoms with Gasteiger partial charge in [0.05, 0.1) is 6.61 Å². The van der Waals surface area contributed by atoms with Crippen LogP contribution in [0.3, 0.4) is 0 Å². The number of hydrogen-bond acceptors (Lipinski definition) is 3. The molecule has 0 unspecified atom stereocenters. The first-order chi connectivity index (χ1) is 8.11. The van der Waals surface area contributed by atoms with Crippen molar-refractivity contribution in [3.05, 3.63) is 29.8 Å². The first-order valence-electron chi connectivity index (χ1n) is 5.14. The molecule has 0 amide bonds. The zero-order chi connectivity index (χ0) is 12.7. The number of thioether (sulfide) groups is 1. The fraction of sp³-hybridized carbons (Fsp3) is 0.273. The molecule has 0 aliphatic carbocycles. The van der Waals surface area contributed by atoms with Crippen LogP contribution >= 0.6 is 11.8 Å². The molecular formula is C11H16N4OS. The van der Waals surface area contributed by atoms with Crippen molar-refractivity contribution in [3.63, 3.8) is 0 Å². The number of rotatable bonds is 4. The van der Waals surface area contributed by atoms with E-state index in [2.05, 4.69) is 4.99 Å². The number of guanidine groups is 1. The van der Waals surface area contributed by atoms with Crippen molar-refractivity contribution >= 4 is 22.9 Å². The number of ether oxygens (including phenoxy) is 1. The summed E-state index contributed by atoms with van der Waals surface area (Å²) >= 11 is 1.27. The van der Waals surface area contributed by atoms with Crippen LogP contribution < -0.4 is 16.2 Å². The lowest BCUT2D eigenvalue weighted by Crippen LogP contribution is -2.23. The Kier molecular flexibility index (Phi) is 5.35. The van der Waals surface area contributed by atoms with Gasteiger partial charge in [0, 0.05) is 5.75 Å². The molecule has 0 saturated carbocycles. The second-order valence-corrected chi connectivity index (χ2v) is 4.17. The lowest BCUT2D eigenvalue weighted by molar-refractivity contribution is 0.340. The summed E-state index contributed by atoms with van der Waals surface area (Å²) in [6.45, 7) is 2.60. The van der Waals surface area contributed by atoms with Gasteiger partial charge in [-0.05, 0) is 24.6 Å². The Bertz CT molecular complexity index is 398. The van der Waals surface area contributed by atoms with Gasteiger partial charge in [0.15, 0.2) is 11.1 Å². The van der Waals surface area contributed by atoms with Gasteiger partial charge in [-0.25, -0.2) is 0 Å². The summed E-state index contributed by atoms with van der Waals surface area (Å²) in [6.07, 6.45) is 0. The molecule has 0 spiro atoms. The van der Waals surface area contributed by atoms with Gasteiger partial charge < -0.3 is 16.2 Å². The molecule has 5 nitrogen and oxygen atoms in total. The van der Waals surface area contributed by atoms with Crippen LogP contribution in [0.5, 0.6) is 5.75 Å². The number of nitrogens with zero attached hydrogens (tertiary/aromatic N) is 1. The largest absolute Gasteiger partial charge is 0.494 e. The fourth-order valence-electron chi connectivity index (χ4n) is 1.15. The third-order valence-electron chi connectivity index (χ3n) is 1.84. The zero-order valence-electron chi connectivity index (χ0n) is 9.64. The number of benzene rings is 1. The van der Waals surface area contributed by atoms with E-state index in [9.17, 15) is 0 Å². The summed E-state index contributed by atoms with van der Waals surface area (Å²) in [4.78, 5) is 3.63.